The van der Waals surface area contributed by atoms with Crippen molar-refractivity contribution in [3.63, 3.8) is 0 Å². The molecule has 21 heavy (non-hydrogen) atoms. The number of benzene rings is 1. The van der Waals surface area contributed by atoms with Gasteiger partial charge in [0.25, 0.3) is 5.91 Å². The molecular formula is C13H13N3O4S. The molecule has 0 aliphatic heterocycles. The molecule has 2 rings (SSSR count). The Morgan fingerprint density at radius 1 is 1.33 bits per heavy atom. The van der Waals surface area contributed by atoms with Gasteiger partial charge < -0.3 is 21.3 Å². The number of amides is 1. The van der Waals surface area contributed by atoms with Crippen LogP contribution in [0, 0.1) is 0 Å². The van der Waals surface area contributed by atoms with Gasteiger partial charge >= 0.3 is 5.97 Å². The summed E-state index contributed by atoms with van der Waals surface area (Å²) < 4.78 is 0. The molecule has 0 radical (unpaired) electrons. The minimum absolute atomic E-state index is 0.0904. The van der Waals surface area contributed by atoms with Crippen LogP contribution in [0.2, 0.25) is 0 Å². The van der Waals surface area contributed by atoms with Crippen LogP contribution in [0.25, 0.3) is 0 Å². The lowest BCUT2D eigenvalue weighted by Gasteiger charge is -2.13. The number of carbonyl (C=O) groups is 2. The highest BCUT2D eigenvalue weighted by molar-refractivity contribution is 7.13. The fourth-order valence-electron chi connectivity index (χ4n) is 1.69. The van der Waals surface area contributed by atoms with Gasteiger partial charge in [-0.2, -0.15) is 0 Å². The molecule has 1 unspecified atom stereocenters. The van der Waals surface area contributed by atoms with Crippen LogP contribution in [0.1, 0.15) is 16.1 Å². The molecule has 5 N–H and O–H groups in total. The van der Waals surface area contributed by atoms with Gasteiger partial charge in [-0.3, -0.25) is 4.79 Å². The topological polar surface area (TPSA) is 126 Å². The summed E-state index contributed by atoms with van der Waals surface area (Å²) in [4.78, 5) is 26.9. The van der Waals surface area contributed by atoms with Crippen LogP contribution in [0.5, 0.6) is 5.75 Å². The Morgan fingerprint density at radius 2 is 2.00 bits per heavy atom. The van der Waals surface area contributed by atoms with Crippen LogP contribution < -0.4 is 11.1 Å². The molecule has 1 aromatic carbocycles. The molecule has 1 aromatic heterocycles. The number of carboxylic acid groups (broad SMARTS) is 1. The number of aromatic nitrogens is 1. The maximum Gasteiger partial charge on any atom is 0.326 e. The Hall–Kier alpha value is -2.61. The maximum absolute atomic E-state index is 11.9. The minimum atomic E-state index is -1.15. The molecule has 2 aromatic rings. The van der Waals surface area contributed by atoms with Gasteiger partial charge in [-0.1, -0.05) is 12.1 Å². The van der Waals surface area contributed by atoms with E-state index in [-0.39, 0.29) is 23.0 Å². The predicted molar refractivity (Wildman–Crippen MR) is 77.2 cm³/mol. The molecule has 0 aliphatic carbocycles. The number of hydrogen-bond acceptors (Lipinski definition) is 6. The number of thiazole rings is 1. The molecule has 1 amide bonds. The van der Waals surface area contributed by atoms with E-state index >= 15 is 0 Å². The number of aromatic hydroxyl groups is 1. The number of aliphatic carboxylic acids is 1. The van der Waals surface area contributed by atoms with Gasteiger partial charge in [-0.25, -0.2) is 9.78 Å². The van der Waals surface area contributed by atoms with E-state index in [1.165, 1.54) is 17.5 Å². The van der Waals surface area contributed by atoms with Crippen LogP contribution in [0.15, 0.2) is 29.6 Å². The third kappa shape index (κ3) is 3.93. The van der Waals surface area contributed by atoms with Gasteiger partial charge in [0.15, 0.2) is 5.13 Å². The second-order valence-corrected chi connectivity index (χ2v) is 5.20. The minimum Gasteiger partial charge on any atom is -0.508 e. The molecule has 7 nitrogen and oxygen atoms in total. The number of anilines is 1. The smallest absolute Gasteiger partial charge is 0.326 e. The van der Waals surface area contributed by atoms with Crippen molar-refractivity contribution in [1.29, 1.82) is 0 Å². The van der Waals surface area contributed by atoms with Crippen molar-refractivity contribution >= 4 is 28.3 Å². The average Bonchev–Trinajstić information content (AvgIpc) is 2.87. The van der Waals surface area contributed by atoms with Crippen molar-refractivity contribution in [2.24, 2.45) is 0 Å². The van der Waals surface area contributed by atoms with Gasteiger partial charge in [-0.05, 0) is 17.7 Å². The molecule has 0 bridgehead atoms. The summed E-state index contributed by atoms with van der Waals surface area (Å²) in [7, 11) is 0. The van der Waals surface area contributed by atoms with E-state index in [0.717, 1.165) is 11.3 Å². The highest BCUT2D eigenvalue weighted by Gasteiger charge is 2.22. The second kappa shape index (κ2) is 6.23. The van der Waals surface area contributed by atoms with Gasteiger partial charge in [0.1, 0.15) is 17.5 Å². The summed E-state index contributed by atoms with van der Waals surface area (Å²) in [6.07, 6.45) is 0.0982. The first kappa shape index (κ1) is 14.8. The van der Waals surface area contributed by atoms with Crippen LogP contribution in [0.4, 0.5) is 5.13 Å². The van der Waals surface area contributed by atoms with Crippen molar-refractivity contribution in [1.82, 2.24) is 10.3 Å². The molecular weight excluding hydrogens is 294 g/mol. The zero-order chi connectivity index (χ0) is 15.4. The van der Waals surface area contributed by atoms with E-state index in [0.29, 0.717) is 5.56 Å². The third-order valence-electron chi connectivity index (χ3n) is 2.73. The van der Waals surface area contributed by atoms with E-state index in [1.807, 2.05) is 0 Å². The molecule has 0 saturated carbocycles. The normalized spacial score (nSPS) is 11.8. The Bertz CT molecular complexity index is 654. The van der Waals surface area contributed by atoms with E-state index < -0.39 is 17.9 Å². The molecule has 0 fully saturated rings. The standard InChI is InChI=1S/C13H13N3O4S/c14-13-16-10(6-21-13)11(18)15-9(12(19)20)5-7-1-3-8(17)4-2-7/h1-4,6,9,17H,5H2,(H2,14,16)(H,15,18)(H,19,20). The fourth-order valence-corrected chi connectivity index (χ4v) is 2.24. The molecule has 0 spiro atoms. The number of phenolic OH excluding ortho intramolecular Hbond substituents is 1. The maximum atomic E-state index is 11.9. The van der Waals surface area contributed by atoms with Gasteiger partial charge in [0.2, 0.25) is 0 Å². The molecule has 8 heteroatoms. The largest absolute Gasteiger partial charge is 0.508 e. The summed E-state index contributed by atoms with van der Waals surface area (Å²) in [5.74, 6) is -1.65. The van der Waals surface area contributed by atoms with Crippen LogP contribution in [0.3, 0.4) is 0 Å². The van der Waals surface area contributed by atoms with E-state index in [1.54, 1.807) is 12.1 Å². The predicted octanol–water partition coefficient (Wildman–Crippen LogP) is 0.857. The zero-order valence-electron chi connectivity index (χ0n) is 10.8. The average molecular weight is 307 g/mol. The molecule has 110 valence electrons. The molecule has 0 saturated heterocycles. The highest BCUT2D eigenvalue weighted by atomic mass is 32.1. The van der Waals surface area contributed by atoms with Crippen LogP contribution in [-0.2, 0) is 11.2 Å². The Morgan fingerprint density at radius 3 is 2.52 bits per heavy atom. The number of rotatable bonds is 5. The first-order valence-corrected chi connectivity index (χ1v) is 6.86. The van der Waals surface area contributed by atoms with Crippen molar-refractivity contribution < 1.29 is 19.8 Å². The lowest BCUT2D eigenvalue weighted by atomic mass is 10.1. The fraction of sp³-hybridized carbons (Fsp3) is 0.154. The van der Waals surface area contributed by atoms with Crippen molar-refractivity contribution in [3.05, 3.63) is 40.9 Å². The highest BCUT2D eigenvalue weighted by Crippen LogP contribution is 2.13. The SMILES string of the molecule is Nc1nc(C(=O)NC(Cc2ccc(O)cc2)C(=O)O)cs1. The number of phenols is 1. The summed E-state index contributed by atoms with van der Waals surface area (Å²) in [5, 5.41) is 22.5. The summed E-state index contributed by atoms with van der Waals surface area (Å²) >= 11 is 1.10. The summed E-state index contributed by atoms with van der Waals surface area (Å²) in [6.45, 7) is 0. The number of nitrogens with zero attached hydrogens (tertiary/aromatic N) is 1. The zero-order valence-corrected chi connectivity index (χ0v) is 11.6. The first-order valence-electron chi connectivity index (χ1n) is 5.98. The number of hydrogen-bond donors (Lipinski definition) is 4. The molecule has 1 heterocycles. The van der Waals surface area contributed by atoms with Crippen LogP contribution >= 0.6 is 11.3 Å². The van der Waals surface area contributed by atoms with Gasteiger partial charge in [-0.15, -0.1) is 11.3 Å². The number of nitrogen functional groups attached to an aromatic ring is 1. The number of carboxylic acids is 1. The third-order valence-corrected chi connectivity index (χ3v) is 3.41. The molecule has 0 aliphatic rings. The second-order valence-electron chi connectivity index (χ2n) is 4.31. The van der Waals surface area contributed by atoms with Crippen molar-refractivity contribution in [3.8, 4) is 5.75 Å². The van der Waals surface area contributed by atoms with Gasteiger partial charge in [0, 0.05) is 11.8 Å². The quantitative estimate of drug-likeness (QED) is 0.649. The Kier molecular flexibility index (Phi) is 4.39. The van der Waals surface area contributed by atoms with E-state index in [9.17, 15) is 19.8 Å². The van der Waals surface area contributed by atoms with E-state index in [4.69, 9.17) is 5.73 Å². The Balaban J connectivity index is 2.07. The number of nitrogens with one attached hydrogen (secondary N) is 1. The monoisotopic (exact) mass is 307 g/mol. The lowest BCUT2D eigenvalue weighted by Crippen LogP contribution is -2.42. The lowest BCUT2D eigenvalue weighted by molar-refractivity contribution is -0.139. The number of nitrogens with two attached hydrogens (primary N) is 1. The number of carbonyl (C=O) groups excluding carboxylic acids is 1. The summed E-state index contributed by atoms with van der Waals surface area (Å²) in [6, 6.07) is 5.01. The van der Waals surface area contributed by atoms with Crippen LogP contribution in [-0.4, -0.2) is 33.1 Å². The summed E-state index contributed by atoms with van der Waals surface area (Å²) in [5.41, 5.74) is 6.20. The van der Waals surface area contributed by atoms with Crippen molar-refractivity contribution in [2.45, 2.75) is 12.5 Å². The van der Waals surface area contributed by atoms with Gasteiger partial charge in [0.05, 0.1) is 0 Å². The molecule has 1 atom stereocenters. The van der Waals surface area contributed by atoms with E-state index in [2.05, 4.69) is 10.3 Å². The van der Waals surface area contributed by atoms with Crippen molar-refractivity contribution in [2.75, 3.05) is 5.73 Å². The Labute approximate surface area is 124 Å². The first-order chi connectivity index (χ1) is 9.95.